The molecular weight excluding hydrogens is 347 g/mol. The smallest absolute Gasteiger partial charge is 0.133 e. The zero-order chi connectivity index (χ0) is 15.7. The van der Waals surface area contributed by atoms with Gasteiger partial charge in [-0.3, -0.25) is 4.68 Å². The van der Waals surface area contributed by atoms with E-state index < -0.39 is 23.5 Å². The number of halogens is 4. The highest BCUT2D eigenvalue weighted by Gasteiger charge is 2.22. The van der Waals surface area contributed by atoms with Crippen LogP contribution in [0.4, 0.5) is 13.2 Å². The third kappa shape index (κ3) is 3.13. The number of rotatable bonds is 4. The van der Waals surface area contributed by atoms with Crippen LogP contribution < -0.4 is 5.73 Å². The molecule has 1 atom stereocenters. The number of benzene rings is 1. The summed E-state index contributed by atoms with van der Waals surface area (Å²) in [6.45, 7) is 1.95. The molecule has 114 valence electrons. The molecule has 0 spiro atoms. The molecule has 0 aliphatic carbocycles. The van der Waals surface area contributed by atoms with E-state index >= 15 is 0 Å². The highest BCUT2D eigenvalue weighted by molar-refractivity contribution is 9.10. The molecule has 0 saturated heterocycles. The second kappa shape index (κ2) is 6.19. The Kier molecular flexibility index (Phi) is 4.73. The number of hydrogen-bond donors (Lipinski definition) is 1. The number of aryl methyl sites for hydroxylation is 2. The lowest BCUT2D eigenvalue weighted by molar-refractivity contribution is 0.497. The van der Waals surface area contributed by atoms with Gasteiger partial charge in [0.15, 0.2) is 0 Å². The molecule has 2 N–H and O–H groups in total. The third-order valence-corrected chi connectivity index (χ3v) is 4.25. The molecule has 7 heteroatoms. The molecule has 1 heterocycles. The summed E-state index contributed by atoms with van der Waals surface area (Å²) < 4.78 is 42.8. The average Bonchev–Trinajstić information content (AvgIpc) is 2.65. The summed E-state index contributed by atoms with van der Waals surface area (Å²) in [5.74, 6) is -2.92. The van der Waals surface area contributed by atoms with Gasteiger partial charge in [-0.2, -0.15) is 5.10 Å². The molecule has 0 aliphatic heterocycles. The molecule has 1 aromatic heterocycles. The van der Waals surface area contributed by atoms with Crippen molar-refractivity contribution in [1.82, 2.24) is 9.78 Å². The summed E-state index contributed by atoms with van der Waals surface area (Å²) in [7, 11) is 1.74. The molecule has 2 aromatic rings. The lowest BCUT2D eigenvalue weighted by atomic mass is 10.0. The van der Waals surface area contributed by atoms with Crippen LogP contribution >= 0.6 is 15.9 Å². The van der Waals surface area contributed by atoms with E-state index in [9.17, 15) is 13.2 Å². The quantitative estimate of drug-likeness (QED) is 0.906. The van der Waals surface area contributed by atoms with Gasteiger partial charge in [0.1, 0.15) is 17.5 Å². The summed E-state index contributed by atoms with van der Waals surface area (Å²) in [5.41, 5.74) is 7.17. The Morgan fingerprint density at radius 2 is 1.86 bits per heavy atom. The predicted molar refractivity (Wildman–Crippen MR) is 77.2 cm³/mol. The Morgan fingerprint density at radius 3 is 2.33 bits per heavy atom. The Hall–Kier alpha value is -1.34. The largest absolute Gasteiger partial charge is 0.323 e. The first-order valence-corrected chi connectivity index (χ1v) is 7.24. The summed E-state index contributed by atoms with van der Waals surface area (Å²) in [6, 6.07) is 0.337. The maximum Gasteiger partial charge on any atom is 0.133 e. The van der Waals surface area contributed by atoms with Crippen LogP contribution in [0.3, 0.4) is 0 Å². The van der Waals surface area contributed by atoms with E-state index in [1.165, 1.54) is 0 Å². The van der Waals surface area contributed by atoms with Crippen molar-refractivity contribution in [3.8, 4) is 0 Å². The number of nitrogens with two attached hydrogens (primary N) is 1. The van der Waals surface area contributed by atoms with E-state index in [0.29, 0.717) is 12.1 Å². The van der Waals surface area contributed by atoms with E-state index in [0.717, 1.165) is 22.3 Å². The lowest BCUT2D eigenvalue weighted by Gasteiger charge is -2.14. The Bertz CT molecular complexity index is 647. The van der Waals surface area contributed by atoms with Gasteiger partial charge in [0.2, 0.25) is 0 Å². The van der Waals surface area contributed by atoms with E-state index in [1.54, 1.807) is 11.7 Å². The Labute approximate surface area is 129 Å². The summed E-state index contributed by atoms with van der Waals surface area (Å²) >= 11 is 3.43. The molecule has 2 rings (SSSR count). The van der Waals surface area contributed by atoms with E-state index in [-0.39, 0.29) is 12.0 Å². The molecule has 1 aromatic carbocycles. The Morgan fingerprint density at radius 1 is 1.29 bits per heavy atom. The average molecular weight is 362 g/mol. The fourth-order valence-electron chi connectivity index (χ4n) is 2.26. The van der Waals surface area contributed by atoms with Gasteiger partial charge >= 0.3 is 0 Å². The van der Waals surface area contributed by atoms with Crippen LogP contribution in [-0.2, 0) is 19.9 Å². The standard InChI is InChI=1S/C14H15BrF3N3/c1-3-11-14(15)12(21(2)20-11)6-10(19)13-8(17)4-7(16)5-9(13)18/h4-5,10H,3,6,19H2,1-2H3. The van der Waals surface area contributed by atoms with Crippen molar-refractivity contribution in [3.05, 3.63) is 51.0 Å². The topological polar surface area (TPSA) is 43.8 Å². The summed E-state index contributed by atoms with van der Waals surface area (Å²) in [4.78, 5) is 0. The molecule has 3 nitrogen and oxygen atoms in total. The Balaban J connectivity index is 2.35. The van der Waals surface area contributed by atoms with Gasteiger partial charge in [0.05, 0.1) is 15.9 Å². The van der Waals surface area contributed by atoms with Gasteiger partial charge in [-0.15, -0.1) is 0 Å². The molecule has 0 amide bonds. The number of aromatic nitrogens is 2. The van der Waals surface area contributed by atoms with Crippen LogP contribution in [0.15, 0.2) is 16.6 Å². The molecule has 0 fully saturated rings. The van der Waals surface area contributed by atoms with Gasteiger partial charge in [0, 0.05) is 37.2 Å². The monoisotopic (exact) mass is 361 g/mol. The number of nitrogens with zero attached hydrogens (tertiary/aromatic N) is 2. The second-order valence-corrected chi connectivity index (χ2v) is 5.57. The molecule has 0 radical (unpaired) electrons. The van der Waals surface area contributed by atoms with Crippen molar-refractivity contribution < 1.29 is 13.2 Å². The molecular formula is C14H15BrF3N3. The maximum atomic E-state index is 13.7. The van der Waals surface area contributed by atoms with Crippen LogP contribution in [0, 0.1) is 17.5 Å². The molecule has 0 aliphatic rings. The molecule has 0 bridgehead atoms. The molecule has 1 unspecified atom stereocenters. The fraction of sp³-hybridized carbons (Fsp3) is 0.357. The van der Waals surface area contributed by atoms with Crippen LogP contribution in [-0.4, -0.2) is 9.78 Å². The van der Waals surface area contributed by atoms with Crippen molar-refractivity contribution in [2.45, 2.75) is 25.8 Å². The zero-order valence-corrected chi connectivity index (χ0v) is 13.2. The third-order valence-electron chi connectivity index (χ3n) is 3.33. The van der Waals surface area contributed by atoms with E-state index in [4.69, 9.17) is 5.73 Å². The predicted octanol–water partition coefficient (Wildman–Crippen LogP) is 3.40. The minimum absolute atomic E-state index is 0.184. The first-order chi connectivity index (χ1) is 9.85. The van der Waals surface area contributed by atoms with Gasteiger partial charge < -0.3 is 5.73 Å². The first kappa shape index (κ1) is 16.0. The second-order valence-electron chi connectivity index (χ2n) is 4.78. The normalized spacial score (nSPS) is 12.7. The van der Waals surface area contributed by atoms with E-state index in [2.05, 4.69) is 21.0 Å². The van der Waals surface area contributed by atoms with Crippen LogP contribution in [0.25, 0.3) is 0 Å². The lowest BCUT2D eigenvalue weighted by Crippen LogP contribution is -2.19. The van der Waals surface area contributed by atoms with Gasteiger partial charge in [-0.1, -0.05) is 6.92 Å². The van der Waals surface area contributed by atoms with Crippen molar-refractivity contribution in [2.75, 3.05) is 0 Å². The van der Waals surface area contributed by atoms with Crippen LogP contribution in [0.2, 0.25) is 0 Å². The van der Waals surface area contributed by atoms with Crippen molar-refractivity contribution in [1.29, 1.82) is 0 Å². The minimum Gasteiger partial charge on any atom is -0.323 e. The minimum atomic E-state index is -0.978. The van der Waals surface area contributed by atoms with Crippen molar-refractivity contribution >= 4 is 15.9 Å². The first-order valence-electron chi connectivity index (χ1n) is 6.45. The van der Waals surface area contributed by atoms with Crippen LogP contribution in [0.5, 0.6) is 0 Å². The van der Waals surface area contributed by atoms with Gasteiger partial charge in [-0.05, 0) is 22.4 Å². The zero-order valence-electron chi connectivity index (χ0n) is 11.6. The molecule has 0 saturated carbocycles. The van der Waals surface area contributed by atoms with Crippen LogP contribution in [0.1, 0.15) is 29.9 Å². The van der Waals surface area contributed by atoms with Crippen molar-refractivity contribution in [3.63, 3.8) is 0 Å². The highest BCUT2D eigenvalue weighted by atomic mass is 79.9. The maximum absolute atomic E-state index is 13.7. The number of hydrogen-bond acceptors (Lipinski definition) is 2. The van der Waals surface area contributed by atoms with E-state index in [1.807, 2.05) is 6.92 Å². The molecule has 21 heavy (non-hydrogen) atoms. The fourth-order valence-corrected chi connectivity index (χ4v) is 3.04. The van der Waals surface area contributed by atoms with Gasteiger partial charge in [0.25, 0.3) is 0 Å². The van der Waals surface area contributed by atoms with Crippen molar-refractivity contribution in [2.24, 2.45) is 12.8 Å². The summed E-state index contributed by atoms with van der Waals surface area (Å²) in [6.07, 6.45) is 0.909. The highest BCUT2D eigenvalue weighted by Crippen LogP contribution is 2.28. The SMILES string of the molecule is CCc1nn(C)c(CC(N)c2c(F)cc(F)cc2F)c1Br. The van der Waals surface area contributed by atoms with Gasteiger partial charge in [-0.25, -0.2) is 13.2 Å². The summed E-state index contributed by atoms with van der Waals surface area (Å²) in [5, 5.41) is 4.30.